The Bertz CT molecular complexity index is 283. The highest BCUT2D eigenvalue weighted by atomic mass is 16.5. The van der Waals surface area contributed by atoms with Gasteiger partial charge in [0.05, 0.1) is 18.6 Å². The van der Waals surface area contributed by atoms with Gasteiger partial charge in [-0.25, -0.2) is 0 Å². The van der Waals surface area contributed by atoms with Crippen LogP contribution in [0.1, 0.15) is 44.9 Å². The van der Waals surface area contributed by atoms with Gasteiger partial charge in [0.25, 0.3) is 0 Å². The summed E-state index contributed by atoms with van der Waals surface area (Å²) in [5.74, 6) is -0.171. The Kier molecular flexibility index (Phi) is 4.62. The SMILES string of the molecule is COCC(CC(=O)O)(C1CC1)N1CCCCCC1. The first kappa shape index (κ1) is 13.8. The summed E-state index contributed by atoms with van der Waals surface area (Å²) in [5.41, 5.74) is -0.245. The number of hydrogen-bond donors (Lipinski definition) is 1. The number of nitrogens with zero attached hydrogens (tertiary/aromatic N) is 1. The lowest BCUT2D eigenvalue weighted by Gasteiger charge is -2.43. The zero-order chi connectivity index (χ0) is 13.0. The van der Waals surface area contributed by atoms with E-state index in [9.17, 15) is 9.90 Å². The van der Waals surface area contributed by atoms with E-state index in [0.717, 1.165) is 25.9 Å². The van der Waals surface area contributed by atoms with Crippen LogP contribution in [0.2, 0.25) is 0 Å². The van der Waals surface area contributed by atoms with Gasteiger partial charge in [0.15, 0.2) is 0 Å². The molecule has 1 saturated heterocycles. The normalized spacial score (nSPS) is 25.4. The van der Waals surface area contributed by atoms with Gasteiger partial charge in [0, 0.05) is 7.11 Å². The van der Waals surface area contributed by atoms with Crippen LogP contribution in [-0.2, 0) is 9.53 Å². The Hall–Kier alpha value is -0.610. The third kappa shape index (κ3) is 3.04. The fourth-order valence-electron chi connectivity index (χ4n) is 3.42. The Balaban J connectivity index is 2.16. The third-order valence-corrected chi connectivity index (χ3v) is 4.42. The summed E-state index contributed by atoms with van der Waals surface area (Å²) < 4.78 is 5.40. The molecule has 2 aliphatic rings. The second-order valence-electron chi connectivity index (χ2n) is 5.78. The highest BCUT2D eigenvalue weighted by Gasteiger charge is 2.50. The summed E-state index contributed by atoms with van der Waals surface area (Å²) >= 11 is 0. The van der Waals surface area contributed by atoms with E-state index in [1.54, 1.807) is 7.11 Å². The highest BCUT2D eigenvalue weighted by molar-refractivity contribution is 5.68. The lowest BCUT2D eigenvalue weighted by molar-refractivity contribution is -0.142. The molecule has 1 saturated carbocycles. The molecule has 0 bridgehead atoms. The number of carboxylic acids is 1. The zero-order valence-electron chi connectivity index (χ0n) is 11.4. The van der Waals surface area contributed by atoms with Crippen molar-refractivity contribution in [1.82, 2.24) is 4.90 Å². The van der Waals surface area contributed by atoms with Crippen LogP contribution < -0.4 is 0 Å². The van der Waals surface area contributed by atoms with E-state index in [0.29, 0.717) is 12.5 Å². The quantitative estimate of drug-likeness (QED) is 0.790. The molecule has 0 aromatic rings. The summed E-state index contributed by atoms with van der Waals surface area (Å²) in [6.07, 6.45) is 7.48. The maximum Gasteiger partial charge on any atom is 0.305 e. The Morgan fingerprint density at radius 3 is 2.33 bits per heavy atom. The van der Waals surface area contributed by atoms with Crippen molar-refractivity contribution in [3.8, 4) is 0 Å². The van der Waals surface area contributed by atoms with Crippen molar-refractivity contribution < 1.29 is 14.6 Å². The Morgan fingerprint density at radius 2 is 1.89 bits per heavy atom. The van der Waals surface area contributed by atoms with Crippen molar-refractivity contribution in [2.24, 2.45) is 5.92 Å². The van der Waals surface area contributed by atoms with Gasteiger partial charge in [0.1, 0.15) is 0 Å². The van der Waals surface area contributed by atoms with E-state index in [2.05, 4.69) is 4.90 Å². The monoisotopic (exact) mass is 255 g/mol. The van der Waals surface area contributed by atoms with Gasteiger partial charge in [-0.3, -0.25) is 9.69 Å². The molecule has 104 valence electrons. The van der Waals surface area contributed by atoms with Gasteiger partial charge in [0.2, 0.25) is 0 Å². The van der Waals surface area contributed by atoms with Crippen molar-refractivity contribution in [3.63, 3.8) is 0 Å². The van der Waals surface area contributed by atoms with Crippen molar-refractivity contribution in [3.05, 3.63) is 0 Å². The van der Waals surface area contributed by atoms with Crippen LogP contribution in [0.4, 0.5) is 0 Å². The van der Waals surface area contributed by atoms with Crippen LogP contribution in [0, 0.1) is 5.92 Å². The van der Waals surface area contributed by atoms with E-state index in [4.69, 9.17) is 4.74 Å². The second-order valence-corrected chi connectivity index (χ2v) is 5.78. The molecule has 1 atom stereocenters. The minimum absolute atomic E-state index is 0.228. The van der Waals surface area contributed by atoms with Crippen molar-refractivity contribution in [2.45, 2.75) is 50.5 Å². The van der Waals surface area contributed by atoms with Gasteiger partial charge in [-0.15, -0.1) is 0 Å². The standard InChI is InChI=1S/C14H25NO3/c1-18-11-14(10-13(16)17,12-6-7-12)15-8-4-2-3-5-9-15/h12H,2-11H2,1H3,(H,16,17). The molecule has 1 aliphatic heterocycles. The van der Waals surface area contributed by atoms with Crippen LogP contribution in [0.15, 0.2) is 0 Å². The first-order valence-electron chi connectivity index (χ1n) is 7.15. The van der Waals surface area contributed by atoms with Gasteiger partial charge >= 0.3 is 5.97 Å². The summed E-state index contributed by atoms with van der Waals surface area (Å²) in [7, 11) is 1.69. The number of ether oxygens (including phenoxy) is 1. The topological polar surface area (TPSA) is 49.8 Å². The molecule has 1 aliphatic carbocycles. The number of methoxy groups -OCH3 is 1. The van der Waals surface area contributed by atoms with E-state index in [-0.39, 0.29) is 12.0 Å². The minimum atomic E-state index is -0.691. The smallest absolute Gasteiger partial charge is 0.305 e. The number of hydrogen-bond acceptors (Lipinski definition) is 3. The van der Waals surface area contributed by atoms with Crippen molar-refractivity contribution in [2.75, 3.05) is 26.8 Å². The summed E-state index contributed by atoms with van der Waals surface area (Å²) in [6, 6.07) is 0. The lowest BCUT2D eigenvalue weighted by atomic mass is 9.87. The minimum Gasteiger partial charge on any atom is -0.481 e. The fraction of sp³-hybridized carbons (Fsp3) is 0.929. The molecule has 4 heteroatoms. The lowest BCUT2D eigenvalue weighted by Crippen LogP contribution is -2.55. The fourth-order valence-corrected chi connectivity index (χ4v) is 3.42. The van der Waals surface area contributed by atoms with Crippen LogP contribution in [0.5, 0.6) is 0 Å². The molecule has 18 heavy (non-hydrogen) atoms. The molecule has 0 amide bonds. The second kappa shape index (κ2) is 6.02. The maximum atomic E-state index is 11.3. The Morgan fingerprint density at radius 1 is 1.28 bits per heavy atom. The predicted molar refractivity (Wildman–Crippen MR) is 69.6 cm³/mol. The van der Waals surface area contributed by atoms with Gasteiger partial charge < -0.3 is 9.84 Å². The number of carbonyl (C=O) groups is 1. The first-order valence-corrected chi connectivity index (χ1v) is 7.15. The molecular weight excluding hydrogens is 230 g/mol. The predicted octanol–water partition coefficient (Wildman–Crippen LogP) is 2.13. The van der Waals surface area contributed by atoms with Crippen LogP contribution >= 0.6 is 0 Å². The molecule has 0 radical (unpaired) electrons. The molecule has 0 aromatic carbocycles. The molecular formula is C14H25NO3. The number of carboxylic acid groups (broad SMARTS) is 1. The number of aliphatic carboxylic acids is 1. The number of likely N-dealkylation sites (tertiary alicyclic amines) is 1. The Labute approximate surface area is 109 Å². The van der Waals surface area contributed by atoms with Crippen LogP contribution in [0.3, 0.4) is 0 Å². The third-order valence-electron chi connectivity index (χ3n) is 4.42. The molecule has 2 rings (SSSR count). The number of rotatable bonds is 6. The maximum absolute atomic E-state index is 11.3. The summed E-state index contributed by atoms with van der Waals surface area (Å²) in [6.45, 7) is 2.63. The van der Waals surface area contributed by atoms with E-state index >= 15 is 0 Å². The highest BCUT2D eigenvalue weighted by Crippen LogP contribution is 2.46. The molecule has 1 unspecified atom stereocenters. The van der Waals surface area contributed by atoms with Crippen LogP contribution in [-0.4, -0.2) is 48.3 Å². The van der Waals surface area contributed by atoms with Gasteiger partial charge in [-0.1, -0.05) is 12.8 Å². The summed E-state index contributed by atoms with van der Waals surface area (Å²) in [4.78, 5) is 13.7. The first-order chi connectivity index (χ1) is 8.69. The molecule has 0 spiro atoms. The zero-order valence-corrected chi connectivity index (χ0v) is 11.4. The largest absolute Gasteiger partial charge is 0.481 e. The molecule has 0 aromatic heterocycles. The average molecular weight is 255 g/mol. The van der Waals surface area contributed by atoms with Crippen LogP contribution in [0.25, 0.3) is 0 Å². The molecule has 2 fully saturated rings. The average Bonchev–Trinajstić information content (AvgIpc) is 3.15. The van der Waals surface area contributed by atoms with Crippen molar-refractivity contribution in [1.29, 1.82) is 0 Å². The summed E-state index contributed by atoms with van der Waals surface area (Å²) in [5, 5.41) is 9.27. The van der Waals surface area contributed by atoms with E-state index in [1.807, 2.05) is 0 Å². The van der Waals surface area contributed by atoms with Gasteiger partial charge in [-0.2, -0.15) is 0 Å². The molecule has 1 heterocycles. The van der Waals surface area contributed by atoms with E-state index < -0.39 is 5.97 Å². The van der Waals surface area contributed by atoms with Gasteiger partial charge in [-0.05, 0) is 44.7 Å². The molecule has 1 N–H and O–H groups in total. The molecule has 4 nitrogen and oxygen atoms in total. The van der Waals surface area contributed by atoms with Crippen molar-refractivity contribution >= 4 is 5.97 Å². The van der Waals surface area contributed by atoms with E-state index in [1.165, 1.54) is 25.7 Å².